The van der Waals surface area contributed by atoms with Crippen LogP contribution in [0.15, 0.2) is 22.7 Å². The molecule has 1 aromatic carbocycles. The number of fused-ring (bicyclic) bond motifs is 1. The Kier molecular flexibility index (Phi) is 5.39. The number of carbonyl (C=O) groups excluding carboxylic acids is 2. The maximum Gasteiger partial charge on any atom is 0.242 e. The third-order valence-electron chi connectivity index (χ3n) is 3.81. The van der Waals surface area contributed by atoms with Gasteiger partial charge in [-0.3, -0.25) is 9.59 Å². The van der Waals surface area contributed by atoms with E-state index in [9.17, 15) is 9.59 Å². The Hall–Kier alpha value is -1.36. The van der Waals surface area contributed by atoms with Crippen molar-refractivity contribution in [3.05, 3.63) is 28.2 Å². The van der Waals surface area contributed by atoms with Gasteiger partial charge in [0.25, 0.3) is 0 Å². The summed E-state index contributed by atoms with van der Waals surface area (Å²) >= 11 is 3.45. The van der Waals surface area contributed by atoms with Crippen molar-refractivity contribution in [1.82, 2.24) is 4.90 Å². The highest BCUT2D eigenvalue weighted by atomic mass is 79.9. The van der Waals surface area contributed by atoms with E-state index in [1.807, 2.05) is 18.2 Å². The third kappa shape index (κ3) is 3.84. The first kappa shape index (κ1) is 16.0. The number of halogens is 1. The van der Waals surface area contributed by atoms with Gasteiger partial charge in [0.15, 0.2) is 0 Å². The average molecular weight is 353 g/mol. The molecule has 0 saturated heterocycles. The number of nitrogens with zero attached hydrogens (tertiary/aromatic N) is 2. The first-order valence-electron chi connectivity index (χ1n) is 7.35. The number of rotatable bonds is 5. The Morgan fingerprint density at radius 2 is 2.14 bits per heavy atom. The number of aryl methyl sites for hydroxylation is 1. The van der Waals surface area contributed by atoms with Gasteiger partial charge >= 0.3 is 0 Å². The summed E-state index contributed by atoms with van der Waals surface area (Å²) in [6.07, 6.45) is 3.25. The highest BCUT2D eigenvalue weighted by Crippen LogP contribution is 2.30. The van der Waals surface area contributed by atoms with Crippen LogP contribution >= 0.6 is 15.9 Å². The number of unbranched alkanes of at least 4 members (excludes halogenated alkanes) is 1. The fraction of sp³-hybridized carbons (Fsp3) is 0.500. The lowest BCUT2D eigenvalue weighted by molar-refractivity contribution is -0.130. The standard InChI is InChI=1S/C16H21BrN2O2/c1-3-4-9-18(2)16(21)11-19-14-7-6-13(17)10-12(14)5-8-15(19)20/h6-7,10H,3-5,8-9,11H2,1-2H3. The molecule has 5 heteroatoms. The van der Waals surface area contributed by atoms with E-state index in [1.165, 1.54) is 0 Å². The summed E-state index contributed by atoms with van der Waals surface area (Å²) in [4.78, 5) is 27.8. The van der Waals surface area contributed by atoms with Crippen LogP contribution in [0.5, 0.6) is 0 Å². The van der Waals surface area contributed by atoms with Crippen molar-refractivity contribution >= 4 is 33.4 Å². The summed E-state index contributed by atoms with van der Waals surface area (Å²) in [6, 6.07) is 5.85. The Morgan fingerprint density at radius 1 is 1.38 bits per heavy atom. The van der Waals surface area contributed by atoms with Crippen LogP contribution in [-0.4, -0.2) is 36.9 Å². The van der Waals surface area contributed by atoms with Gasteiger partial charge in [0.2, 0.25) is 11.8 Å². The molecule has 2 rings (SSSR count). The van der Waals surface area contributed by atoms with Crippen LogP contribution in [0.25, 0.3) is 0 Å². The van der Waals surface area contributed by atoms with Crippen LogP contribution in [-0.2, 0) is 16.0 Å². The summed E-state index contributed by atoms with van der Waals surface area (Å²) < 4.78 is 1.00. The Bertz CT molecular complexity index is 545. The minimum Gasteiger partial charge on any atom is -0.344 e. The molecule has 114 valence electrons. The zero-order valence-electron chi connectivity index (χ0n) is 12.6. The van der Waals surface area contributed by atoms with Gasteiger partial charge in [0.1, 0.15) is 6.54 Å². The molecule has 0 aliphatic carbocycles. The molecule has 21 heavy (non-hydrogen) atoms. The summed E-state index contributed by atoms with van der Waals surface area (Å²) in [5, 5.41) is 0. The topological polar surface area (TPSA) is 40.6 Å². The zero-order valence-corrected chi connectivity index (χ0v) is 14.1. The maximum atomic E-state index is 12.3. The lowest BCUT2D eigenvalue weighted by Crippen LogP contribution is -2.43. The van der Waals surface area contributed by atoms with Gasteiger partial charge in [-0.1, -0.05) is 29.3 Å². The van der Waals surface area contributed by atoms with Crippen LogP contribution in [0, 0.1) is 0 Å². The van der Waals surface area contributed by atoms with E-state index in [0.29, 0.717) is 6.42 Å². The molecule has 0 N–H and O–H groups in total. The SMILES string of the molecule is CCCCN(C)C(=O)CN1C(=O)CCc2cc(Br)ccc21. The lowest BCUT2D eigenvalue weighted by Gasteiger charge is -2.30. The van der Waals surface area contributed by atoms with Crippen molar-refractivity contribution in [3.63, 3.8) is 0 Å². The van der Waals surface area contributed by atoms with Crippen LogP contribution in [0.3, 0.4) is 0 Å². The summed E-state index contributed by atoms with van der Waals surface area (Å²) in [5.74, 6) is 0.0228. The molecule has 1 heterocycles. The van der Waals surface area contributed by atoms with E-state index in [2.05, 4.69) is 22.9 Å². The zero-order chi connectivity index (χ0) is 15.4. The minimum atomic E-state index is -0.00688. The minimum absolute atomic E-state index is 0.00688. The number of hydrogen-bond acceptors (Lipinski definition) is 2. The molecule has 1 aliphatic heterocycles. The molecular weight excluding hydrogens is 332 g/mol. The molecule has 0 fully saturated rings. The van der Waals surface area contributed by atoms with E-state index < -0.39 is 0 Å². The van der Waals surface area contributed by atoms with Gasteiger partial charge in [-0.25, -0.2) is 0 Å². The third-order valence-corrected chi connectivity index (χ3v) is 4.30. The van der Waals surface area contributed by atoms with Crippen molar-refractivity contribution in [2.45, 2.75) is 32.6 Å². The smallest absolute Gasteiger partial charge is 0.242 e. The van der Waals surface area contributed by atoms with Crippen LogP contribution in [0.2, 0.25) is 0 Å². The van der Waals surface area contributed by atoms with E-state index in [1.54, 1.807) is 16.8 Å². The normalized spacial score (nSPS) is 14.0. The van der Waals surface area contributed by atoms with E-state index in [0.717, 1.165) is 41.5 Å². The van der Waals surface area contributed by atoms with Crippen LogP contribution in [0.4, 0.5) is 5.69 Å². The highest BCUT2D eigenvalue weighted by Gasteiger charge is 2.26. The number of amides is 2. The molecule has 0 atom stereocenters. The molecule has 0 aromatic heterocycles. The van der Waals surface area contributed by atoms with Gasteiger partial charge in [-0.2, -0.15) is 0 Å². The Labute approximate surface area is 134 Å². The van der Waals surface area contributed by atoms with Gasteiger partial charge in [-0.05, 0) is 36.6 Å². The molecule has 0 unspecified atom stereocenters. The average Bonchev–Trinajstić information content (AvgIpc) is 2.47. The number of benzene rings is 1. The van der Waals surface area contributed by atoms with Crippen molar-refractivity contribution < 1.29 is 9.59 Å². The fourth-order valence-electron chi connectivity index (χ4n) is 2.48. The van der Waals surface area contributed by atoms with Gasteiger partial charge in [0.05, 0.1) is 0 Å². The second-order valence-electron chi connectivity index (χ2n) is 5.42. The molecular formula is C16H21BrN2O2. The predicted octanol–water partition coefficient (Wildman–Crippen LogP) is 2.99. The second-order valence-corrected chi connectivity index (χ2v) is 6.34. The van der Waals surface area contributed by atoms with Crippen molar-refractivity contribution in [3.8, 4) is 0 Å². The first-order chi connectivity index (χ1) is 10.0. The number of likely N-dealkylation sites (N-methyl/N-ethyl adjacent to an activating group) is 1. The van der Waals surface area contributed by atoms with Gasteiger partial charge in [-0.15, -0.1) is 0 Å². The Morgan fingerprint density at radius 3 is 2.86 bits per heavy atom. The number of anilines is 1. The van der Waals surface area contributed by atoms with E-state index in [4.69, 9.17) is 0 Å². The van der Waals surface area contributed by atoms with Crippen LogP contribution < -0.4 is 4.90 Å². The Balaban J connectivity index is 2.13. The van der Waals surface area contributed by atoms with Gasteiger partial charge in [0, 0.05) is 30.2 Å². The molecule has 1 aromatic rings. The van der Waals surface area contributed by atoms with Crippen molar-refractivity contribution in [2.24, 2.45) is 0 Å². The van der Waals surface area contributed by atoms with Crippen molar-refractivity contribution in [2.75, 3.05) is 25.0 Å². The largest absolute Gasteiger partial charge is 0.344 e. The summed E-state index contributed by atoms with van der Waals surface area (Å²) in [6.45, 7) is 2.97. The summed E-state index contributed by atoms with van der Waals surface area (Å²) in [5.41, 5.74) is 1.99. The molecule has 1 aliphatic rings. The maximum absolute atomic E-state index is 12.3. The van der Waals surface area contributed by atoms with Crippen molar-refractivity contribution in [1.29, 1.82) is 0 Å². The first-order valence-corrected chi connectivity index (χ1v) is 8.15. The quantitative estimate of drug-likeness (QED) is 0.817. The molecule has 0 saturated carbocycles. The highest BCUT2D eigenvalue weighted by molar-refractivity contribution is 9.10. The fourth-order valence-corrected chi connectivity index (χ4v) is 2.89. The van der Waals surface area contributed by atoms with E-state index in [-0.39, 0.29) is 18.4 Å². The summed E-state index contributed by atoms with van der Waals surface area (Å²) in [7, 11) is 1.80. The van der Waals surface area contributed by atoms with E-state index >= 15 is 0 Å². The predicted molar refractivity (Wildman–Crippen MR) is 87.4 cm³/mol. The molecule has 0 radical (unpaired) electrons. The molecule has 0 spiro atoms. The number of carbonyl (C=O) groups is 2. The lowest BCUT2D eigenvalue weighted by atomic mass is 10.0. The second kappa shape index (κ2) is 7.07. The molecule has 4 nitrogen and oxygen atoms in total. The monoisotopic (exact) mass is 352 g/mol. The van der Waals surface area contributed by atoms with Gasteiger partial charge < -0.3 is 9.80 Å². The molecule has 0 bridgehead atoms. The number of hydrogen-bond donors (Lipinski definition) is 0. The molecule has 2 amide bonds. The van der Waals surface area contributed by atoms with Crippen LogP contribution in [0.1, 0.15) is 31.7 Å².